The summed E-state index contributed by atoms with van der Waals surface area (Å²) in [5, 5.41) is 3.50. The predicted molar refractivity (Wildman–Crippen MR) is 85.0 cm³/mol. The average Bonchev–Trinajstić information content (AvgIpc) is 2.56. The van der Waals surface area contributed by atoms with E-state index in [-0.39, 0.29) is 0 Å². The Kier molecular flexibility index (Phi) is 4.42. The first-order valence-corrected chi connectivity index (χ1v) is 8.40. The molecule has 1 aliphatic heterocycles. The Morgan fingerprint density at radius 3 is 2.25 bits per heavy atom. The van der Waals surface area contributed by atoms with Crippen LogP contribution in [0.3, 0.4) is 0 Å². The van der Waals surface area contributed by atoms with Gasteiger partial charge in [-0.05, 0) is 30.4 Å². The van der Waals surface area contributed by atoms with Gasteiger partial charge in [-0.25, -0.2) is 0 Å². The molecular formula is C18H28N2. The molecule has 2 heteroatoms. The van der Waals surface area contributed by atoms with Crippen LogP contribution in [0.25, 0.3) is 0 Å². The van der Waals surface area contributed by atoms with E-state index in [9.17, 15) is 0 Å². The number of hydrogen-bond donors (Lipinski definition) is 1. The number of nitrogens with zero attached hydrogens (tertiary/aromatic N) is 1. The number of aryl methyl sites for hydroxylation is 1. The molecule has 2 fully saturated rings. The van der Waals surface area contributed by atoms with Gasteiger partial charge in [-0.1, -0.05) is 50.5 Å². The van der Waals surface area contributed by atoms with Crippen LogP contribution < -0.4 is 5.32 Å². The summed E-state index contributed by atoms with van der Waals surface area (Å²) in [6, 6.07) is 9.50. The lowest BCUT2D eigenvalue weighted by atomic mass is 9.74. The zero-order valence-electron chi connectivity index (χ0n) is 12.8. The monoisotopic (exact) mass is 272 g/mol. The topological polar surface area (TPSA) is 15.3 Å². The van der Waals surface area contributed by atoms with E-state index in [0.29, 0.717) is 5.54 Å². The Bertz CT molecular complexity index is 412. The molecule has 0 radical (unpaired) electrons. The quantitative estimate of drug-likeness (QED) is 0.908. The Labute approximate surface area is 123 Å². The molecule has 1 saturated carbocycles. The predicted octanol–water partition coefficient (Wildman–Crippen LogP) is 3.31. The maximum atomic E-state index is 3.50. The molecule has 0 aromatic heterocycles. The van der Waals surface area contributed by atoms with Crippen molar-refractivity contribution in [2.45, 2.75) is 51.0 Å². The minimum Gasteiger partial charge on any atom is -0.314 e. The summed E-state index contributed by atoms with van der Waals surface area (Å²) >= 11 is 0. The van der Waals surface area contributed by atoms with Gasteiger partial charge in [-0.2, -0.15) is 0 Å². The Hall–Kier alpha value is -0.860. The van der Waals surface area contributed by atoms with Crippen LogP contribution in [0.5, 0.6) is 0 Å². The molecule has 0 spiro atoms. The van der Waals surface area contributed by atoms with Crippen molar-refractivity contribution < 1.29 is 0 Å². The molecule has 1 saturated heterocycles. The molecule has 2 nitrogen and oxygen atoms in total. The first-order chi connectivity index (χ1) is 9.85. The average molecular weight is 272 g/mol. The van der Waals surface area contributed by atoms with E-state index in [1.54, 1.807) is 5.56 Å². The highest BCUT2D eigenvalue weighted by atomic mass is 15.2. The molecule has 1 N–H and O–H groups in total. The highest BCUT2D eigenvalue weighted by molar-refractivity contribution is 5.29. The SMILES string of the molecule is CCc1ccc(C2(N3CCNCC3)CCCCC2)cc1. The van der Waals surface area contributed by atoms with Gasteiger partial charge in [0.05, 0.1) is 0 Å². The molecule has 0 amide bonds. The van der Waals surface area contributed by atoms with Crippen molar-refractivity contribution in [3.05, 3.63) is 35.4 Å². The molecule has 20 heavy (non-hydrogen) atoms. The van der Waals surface area contributed by atoms with Crippen molar-refractivity contribution in [3.8, 4) is 0 Å². The normalized spacial score (nSPS) is 23.6. The van der Waals surface area contributed by atoms with Crippen LogP contribution in [-0.2, 0) is 12.0 Å². The minimum atomic E-state index is 0.326. The van der Waals surface area contributed by atoms with Gasteiger partial charge in [-0.3, -0.25) is 4.90 Å². The van der Waals surface area contributed by atoms with Crippen LogP contribution in [-0.4, -0.2) is 31.1 Å². The molecule has 1 aromatic rings. The van der Waals surface area contributed by atoms with Gasteiger partial charge in [0.2, 0.25) is 0 Å². The van der Waals surface area contributed by atoms with Crippen LogP contribution in [0.15, 0.2) is 24.3 Å². The van der Waals surface area contributed by atoms with E-state index < -0.39 is 0 Å². The van der Waals surface area contributed by atoms with Crippen LogP contribution >= 0.6 is 0 Å². The second kappa shape index (κ2) is 6.28. The highest BCUT2D eigenvalue weighted by Crippen LogP contribution is 2.42. The lowest BCUT2D eigenvalue weighted by Crippen LogP contribution is -2.55. The van der Waals surface area contributed by atoms with Crippen molar-refractivity contribution >= 4 is 0 Å². The van der Waals surface area contributed by atoms with E-state index in [1.807, 2.05) is 0 Å². The van der Waals surface area contributed by atoms with Gasteiger partial charge in [0, 0.05) is 31.7 Å². The fourth-order valence-electron chi connectivity index (χ4n) is 4.07. The summed E-state index contributed by atoms with van der Waals surface area (Å²) in [5.74, 6) is 0. The fourth-order valence-corrected chi connectivity index (χ4v) is 4.07. The molecule has 3 rings (SSSR count). The molecule has 1 aromatic carbocycles. The minimum absolute atomic E-state index is 0.326. The largest absolute Gasteiger partial charge is 0.314 e. The third kappa shape index (κ3) is 2.64. The van der Waals surface area contributed by atoms with Crippen molar-refractivity contribution in [1.29, 1.82) is 0 Å². The number of piperazine rings is 1. The summed E-state index contributed by atoms with van der Waals surface area (Å²) in [5.41, 5.74) is 3.35. The molecule has 1 aliphatic carbocycles. The van der Waals surface area contributed by atoms with Gasteiger partial charge < -0.3 is 5.32 Å². The highest BCUT2D eigenvalue weighted by Gasteiger charge is 2.39. The van der Waals surface area contributed by atoms with Gasteiger partial charge in [-0.15, -0.1) is 0 Å². The Morgan fingerprint density at radius 1 is 1.00 bits per heavy atom. The summed E-state index contributed by atoms with van der Waals surface area (Å²) in [7, 11) is 0. The maximum absolute atomic E-state index is 3.50. The summed E-state index contributed by atoms with van der Waals surface area (Å²) in [6.45, 7) is 6.94. The summed E-state index contributed by atoms with van der Waals surface area (Å²) < 4.78 is 0. The lowest BCUT2D eigenvalue weighted by Gasteiger charge is -2.49. The van der Waals surface area contributed by atoms with Gasteiger partial charge in [0.25, 0.3) is 0 Å². The molecule has 0 unspecified atom stereocenters. The standard InChI is InChI=1S/C18H28N2/c1-2-16-6-8-17(9-7-16)18(10-4-3-5-11-18)20-14-12-19-13-15-20/h6-9,19H,2-5,10-15H2,1H3. The second-order valence-corrected chi connectivity index (χ2v) is 6.38. The van der Waals surface area contributed by atoms with E-state index in [0.717, 1.165) is 19.5 Å². The number of nitrogens with one attached hydrogen (secondary N) is 1. The molecule has 110 valence electrons. The Balaban J connectivity index is 1.90. The third-order valence-corrected chi connectivity index (χ3v) is 5.30. The number of hydrogen-bond acceptors (Lipinski definition) is 2. The van der Waals surface area contributed by atoms with E-state index in [2.05, 4.69) is 41.4 Å². The number of rotatable bonds is 3. The van der Waals surface area contributed by atoms with Gasteiger partial charge >= 0.3 is 0 Å². The van der Waals surface area contributed by atoms with Crippen molar-refractivity contribution in [2.75, 3.05) is 26.2 Å². The smallest absolute Gasteiger partial charge is 0.0461 e. The molecular weight excluding hydrogens is 244 g/mol. The molecule has 2 aliphatic rings. The fraction of sp³-hybridized carbons (Fsp3) is 0.667. The lowest BCUT2D eigenvalue weighted by molar-refractivity contribution is 0.0362. The van der Waals surface area contributed by atoms with E-state index >= 15 is 0 Å². The van der Waals surface area contributed by atoms with Gasteiger partial charge in [0.15, 0.2) is 0 Å². The van der Waals surface area contributed by atoms with Crippen molar-refractivity contribution in [2.24, 2.45) is 0 Å². The zero-order valence-corrected chi connectivity index (χ0v) is 12.8. The molecule has 0 bridgehead atoms. The molecule has 1 heterocycles. The van der Waals surface area contributed by atoms with Crippen LogP contribution in [0.2, 0.25) is 0 Å². The first kappa shape index (κ1) is 14.1. The Morgan fingerprint density at radius 2 is 1.65 bits per heavy atom. The third-order valence-electron chi connectivity index (χ3n) is 5.30. The number of benzene rings is 1. The summed E-state index contributed by atoms with van der Waals surface area (Å²) in [4.78, 5) is 2.77. The summed E-state index contributed by atoms with van der Waals surface area (Å²) in [6.07, 6.45) is 8.03. The van der Waals surface area contributed by atoms with Crippen LogP contribution in [0.4, 0.5) is 0 Å². The van der Waals surface area contributed by atoms with Gasteiger partial charge in [0.1, 0.15) is 0 Å². The first-order valence-electron chi connectivity index (χ1n) is 8.40. The van der Waals surface area contributed by atoms with E-state index in [1.165, 1.54) is 50.8 Å². The van der Waals surface area contributed by atoms with Crippen molar-refractivity contribution in [3.63, 3.8) is 0 Å². The van der Waals surface area contributed by atoms with Crippen molar-refractivity contribution in [1.82, 2.24) is 10.2 Å². The maximum Gasteiger partial charge on any atom is 0.0461 e. The van der Waals surface area contributed by atoms with Crippen LogP contribution in [0, 0.1) is 0 Å². The zero-order chi connectivity index (χ0) is 13.8. The van der Waals surface area contributed by atoms with E-state index in [4.69, 9.17) is 0 Å². The second-order valence-electron chi connectivity index (χ2n) is 6.38. The van der Waals surface area contributed by atoms with Crippen LogP contribution in [0.1, 0.15) is 50.2 Å². The molecule has 0 atom stereocenters.